The van der Waals surface area contributed by atoms with Crippen LogP contribution in [0.15, 0.2) is 0 Å². The molecule has 0 aromatic carbocycles. The summed E-state index contributed by atoms with van der Waals surface area (Å²) in [7, 11) is 4.33. The second-order valence-corrected chi connectivity index (χ2v) is 6.01. The summed E-state index contributed by atoms with van der Waals surface area (Å²) < 4.78 is 0. The van der Waals surface area contributed by atoms with E-state index in [9.17, 15) is 5.26 Å². The zero-order valence-corrected chi connectivity index (χ0v) is 12.9. The molecule has 20 heavy (non-hydrogen) atoms. The van der Waals surface area contributed by atoms with Gasteiger partial charge in [0.05, 0.1) is 27.2 Å². The van der Waals surface area contributed by atoms with Gasteiger partial charge in [-0.2, -0.15) is 5.26 Å². The molecule has 0 aliphatic heterocycles. The Morgan fingerprint density at radius 2 is 1.95 bits per heavy atom. The highest BCUT2D eigenvalue weighted by Crippen LogP contribution is 2.27. The van der Waals surface area contributed by atoms with E-state index in [4.69, 9.17) is 0 Å². The fraction of sp³-hybridized carbons (Fsp3) is 0.625. The summed E-state index contributed by atoms with van der Waals surface area (Å²) in [6, 6.07) is 2.40. The van der Waals surface area contributed by atoms with E-state index in [1.807, 2.05) is 0 Å². The Kier molecular flexibility index (Phi) is 4.97. The van der Waals surface area contributed by atoms with Crippen LogP contribution in [0.25, 0.3) is 0 Å². The van der Waals surface area contributed by atoms with Gasteiger partial charge in [-0.25, -0.2) is 4.98 Å². The van der Waals surface area contributed by atoms with Crippen LogP contribution in [0.3, 0.4) is 0 Å². The van der Waals surface area contributed by atoms with Crippen molar-refractivity contribution in [2.24, 2.45) is 0 Å². The van der Waals surface area contributed by atoms with Gasteiger partial charge in [-0.15, -0.1) is 0 Å². The fourth-order valence-electron chi connectivity index (χ4n) is 2.98. The lowest BCUT2D eigenvalue weighted by Crippen LogP contribution is -3.05. The molecule has 0 saturated heterocycles. The Balaban J connectivity index is 2.16. The molecule has 0 radical (unpaired) electrons. The van der Waals surface area contributed by atoms with E-state index >= 15 is 0 Å². The number of hydrogen-bond donors (Lipinski definition) is 2. The first-order chi connectivity index (χ1) is 9.63. The standard InChI is InChI=1S/C16H24N4/c1-12-13-7-4-5-8-14(13)15(11-17)16(19-12)18-9-6-10-20(2)3/h4-10H2,1-3H3,(H,18,19)/p+2. The first-order valence-corrected chi connectivity index (χ1v) is 7.64. The van der Waals surface area contributed by atoms with Crippen LogP contribution in [0.5, 0.6) is 0 Å². The van der Waals surface area contributed by atoms with Crippen molar-refractivity contribution in [1.82, 2.24) is 0 Å². The van der Waals surface area contributed by atoms with Gasteiger partial charge in [0, 0.05) is 6.42 Å². The molecule has 0 atom stereocenters. The molecule has 108 valence electrons. The Morgan fingerprint density at radius 1 is 1.25 bits per heavy atom. The molecule has 2 rings (SSSR count). The summed E-state index contributed by atoms with van der Waals surface area (Å²) in [5.74, 6) is 0.916. The van der Waals surface area contributed by atoms with Crippen LogP contribution in [-0.4, -0.2) is 27.2 Å². The number of nitrogens with zero attached hydrogens (tertiary/aromatic N) is 1. The van der Waals surface area contributed by atoms with E-state index in [0.717, 1.165) is 43.7 Å². The lowest BCUT2D eigenvalue weighted by atomic mass is 9.88. The van der Waals surface area contributed by atoms with Crippen molar-refractivity contribution in [2.75, 3.05) is 32.5 Å². The van der Waals surface area contributed by atoms with Crippen LogP contribution in [0.2, 0.25) is 0 Å². The third-order valence-electron chi connectivity index (χ3n) is 4.05. The van der Waals surface area contributed by atoms with Gasteiger partial charge in [0.15, 0.2) is 0 Å². The van der Waals surface area contributed by atoms with Gasteiger partial charge < -0.3 is 4.90 Å². The average molecular weight is 274 g/mol. The Bertz CT molecular complexity index is 514. The van der Waals surface area contributed by atoms with Crippen molar-refractivity contribution in [2.45, 2.75) is 39.0 Å². The number of aromatic amines is 1. The molecule has 1 aromatic rings. The van der Waals surface area contributed by atoms with E-state index in [-0.39, 0.29) is 0 Å². The number of pyridine rings is 1. The molecule has 1 aromatic heterocycles. The van der Waals surface area contributed by atoms with Crippen LogP contribution in [0.1, 0.15) is 41.6 Å². The zero-order chi connectivity index (χ0) is 14.5. The molecule has 0 amide bonds. The number of hydrogen-bond acceptors (Lipinski definition) is 2. The molecular weight excluding hydrogens is 248 g/mol. The van der Waals surface area contributed by atoms with Crippen LogP contribution in [-0.2, 0) is 12.8 Å². The summed E-state index contributed by atoms with van der Waals surface area (Å²) in [4.78, 5) is 4.86. The van der Waals surface area contributed by atoms with Crippen molar-refractivity contribution < 1.29 is 9.88 Å². The number of aryl methyl sites for hydroxylation is 1. The molecule has 0 fully saturated rings. The Hall–Kier alpha value is -1.60. The molecule has 3 N–H and O–H groups in total. The second kappa shape index (κ2) is 6.71. The predicted molar refractivity (Wildman–Crippen MR) is 79.9 cm³/mol. The molecule has 1 aliphatic carbocycles. The maximum atomic E-state index is 9.50. The minimum Gasteiger partial charge on any atom is -0.340 e. The molecule has 1 heterocycles. The molecule has 0 spiro atoms. The van der Waals surface area contributed by atoms with Gasteiger partial charge in [0.1, 0.15) is 17.3 Å². The number of nitrogens with one attached hydrogen (secondary N) is 3. The number of aromatic nitrogens is 1. The predicted octanol–water partition coefficient (Wildman–Crippen LogP) is 0.506. The van der Waals surface area contributed by atoms with E-state index in [2.05, 4.69) is 37.4 Å². The lowest BCUT2D eigenvalue weighted by Gasteiger charge is -2.18. The number of fused-ring (bicyclic) bond motifs is 1. The first kappa shape index (κ1) is 14.8. The van der Waals surface area contributed by atoms with Gasteiger partial charge in [0.25, 0.3) is 5.82 Å². The number of anilines is 1. The topological polar surface area (TPSA) is 54.4 Å². The zero-order valence-electron chi connectivity index (χ0n) is 12.9. The fourth-order valence-corrected chi connectivity index (χ4v) is 2.98. The first-order valence-electron chi connectivity index (χ1n) is 7.64. The van der Waals surface area contributed by atoms with Crippen molar-refractivity contribution in [3.8, 4) is 6.07 Å². The van der Waals surface area contributed by atoms with Crippen LogP contribution < -0.4 is 15.2 Å². The SMILES string of the molecule is Cc1[nH+]c(NCCC[NH+](C)C)c(C#N)c2c1CCCC2. The summed E-state index contributed by atoms with van der Waals surface area (Å²) in [6.45, 7) is 4.17. The monoisotopic (exact) mass is 274 g/mol. The summed E-state index contributed by atoms with van der Waals surface area (Å²) >= 11 is 0. The lowest BCUT2D eigenvalue weighted by molar-refractivity contribution is -0.858. The van der Waals surface area contributed by atoms with Crippen LogP contribution >= 0.6 is 0 Å². The molecule has 1 aliphatic rings. The van der Waals surface area contributed by atoms with Gasteiger partial charge >= 0.3 is 0 Å². The number of quaternary nitrogens is 1. The molecular formula is C16H26N4+2. The third kappa shape index (κ3) is 3.29. The van der Waals surface area contributed by atoms with Crippen LogP contribution in [0, 0.1) is 18.3 Å². The number of H-pyrrole nitrogens is 1. The van der Waals surface area contributed by atoms with Gasteiger partial charge in [-0.3, -0.25) is 5.32 Å². The highest BCUT2D eigenvalue weighted by Gasteiger charge is 2.23. The minimum atomic E-state index is 0.836. The largest absolute Gasteiger partial charge is 0.340 e. The summed E-state index contributed by atoms with van der Waals surface area (Å²) in [6.07, 6.45) is 5.71. The number of rotatable bonds is 5. The normalized spacial score (nSPS) is 13.9. The molecule has 4 nitrogen and oxygen atoms in total. The summed E-state index contributed by atoms with van der Waals surface area (Å²) in [5, 5.41) is 12.9. The van der Waals surface area contributed by atoms with Gasteiger partial charge in [0.2, 0.25) is 0 Å². The highest BCUT2D eigenvalue weighted by molar-refractivity contribution is 5.56. The van der Waals surface area contributed by atoms with Crippen molar-refractivity contribution in [1.29, 1.82) is 5.26 Å². The minimum absolute atomic E-state index is 0.836. The molecule has 0 saturated carbocycles. The van der Waals surface area contributed by atoms with E-state index in [1.165, 1.54) is 34.6 Å². The van der Waals surface area contributed by atoms with Crippen molar-refractivity contribution in [3.63, 3.8) is 0 Å². The van der Waals surface area contributed by atoms with E-state index < -0.39 is 0 Å². The molecule has 0 unspecified atom stereocenters. The second-order valence-electron chi connectivity index (χ2n) is 6.01. The van der Waals surface area contributed by atoms with Crippen molar-refractivity contribution in [3.05, 3.63) is 22.4 Å². The third-order valence-corrected chi connectivity index (χ3v) is 4.05. The molecule has 4 heteroatoms. The highest BCUT2D eigenvalue weighted by atomic mass is 15.1. The average Bonchev–Trinajstić information content (AvgIpc) is 2.44. The summed E-state index contributed by atoms with van der Waals surface area (Å²) in [5.41, 5.74) is 4.70. The van der Waals surface area contributed by atoms with E-state index in [0.29, 0.717) is 0 Å². The van der Waals surface area contributed by atoms with Crippen LogP contribution in [0.4, 0.5) is 5.82 Å². The van der Waals surface area contributed by atoms with Gasteiger partial charge in [-0.05, 0) is 43.7 Å². The smallest absolute Gasteiger partial charge is 0.290 e. The molecule has 0 bridgehead atoms. The van der Waals surface area contributed by atoms with Crippen molar-refractivity contribution >= 4 is 5.82 Å². The maximum absolute atomic E-state index is 9.50. The number of nitriles is 1. The Labute approximate surface area is 121 Å². The quantitative estimate of drug-likeness (QED) is 0.769. The Morgan fingerprint density at radius 3 is 2.60 bits per heavy atom. The maximum Gasteiger partial charge on any atom is 0.290 e. The van der Waals surface area contributed by atoms with Gasteiger partial charge in [-0.1, -0.05) is 0 Å². The van der Waals surface area contributed by atoms with E-state index in [1.54, 1.807) is 0 Å².